The average molecular weight is 427 g/mol. The van der Waals surface area contributed by atoms with Crippen molar-refractivity contribution in [2.75, 3.05) is 17.7 Å². The first-order chi connectivity index (χ1) is 14.5. The van der Waals surface area contributed by atoms with Crippen LogP contribution in [-0.4, -0.2) is 33.0 Å². The molecule has 158 valence electrons. The van der Waals surface area contributed by atoms with Gasteiger partial charge >= 0.3 is 0 Å². The summed E-state index contributed by atoms with van der Waals surface area (Å²) in [5.41, 5.74) is 1.90. The van der Waals surface area contributed by atoms with E-state index >= 15 is 0 Å². The van der Waals surface area contributed by atoms with E-state index < -0.39 is 0 Å². The van der Waals surface area contributed by atoms with Crippen LogP contribution in [0.2, 0.25) is 0 Å². The van der Waals surface area contributed by atoms with Gasteiger partial charge in [-0.05, 0) is 57.2 Å². The molecule has 0 aliphatic rings. The first-order valence-corrected chi connectivity index (χ1v) is 10.7. The molecule has 0 bridgehead atoms. The molecule has 1 heterocycles. The van der Waals surface area contributed by atoms with E-state index in [0.29, 0.717) is 17.6 Å². The molecule has 1 unspecified atom stereocenters. The first kappa shape index (κ1) is 21.7. The number of anilines is 1. The zero-order valence-electron chi connectivity index (χ0n) is 17.6. The molecule has 1 aromatic heterocycles. The summed E-state index contributed by atoms with van der Waals surface area (Å²) in [6.07, 6.45) is -0.266. The smallest absolute Gasteiger partial charge is 0.234 e. The summed E-state index contributed by atoms with van der Waals surface area (Å²) >= 11 is 1.33. The molecule has 1 N–H and O–H groups in total. The molecule has 8 heteroatoms. The third-order valence-electron chi connectivity index (χ3n) is 4.35. The van der Waals surface area contributed by atoms with Gasteiger partial charge in [-0.2, -0.15) is 0 Å². The van der Waals surface area contributed by atoms with Crippen molar-refractivity contribution in [3.05, 3.63) is 59.9 Å². The van der Waals surface area contributed by atoms with Gasteiger partial charge in [-0.25, -0.2) is 0 Å². The normalized spacial score (nSPS) is 11.7. The first-order valence-electron chi connectivity index (χ1n) is 9.74. The van der Waals surface area contributed by atoms with E-state index in [1.807, 2.05) is 80.9 Å². The lowest BCUT2D eigenvalue weighted by Crippen LogP contribution is -2.14. The van der Waals surface area contributed by atoms with E-state index in [9.17, 15) is 4.79 Å². The quantitative estimate of drug-likeness (QED) is 0.511. The number of hydrogen-bond donors (Lipinski definition) is 1. The summed E-state index contributed by atoms with van der Waals surface area (Å²) in [6.45, 7) is 6.50. The van der Waals surface area contributed by atoms with Crippen LogP contribution in [0.5, 0.6) is 11.5 Å². The third-order valence-corrected chi connectivity index (χ3v) is 5.37. The molecule has 1 amide bonds. The van der Waals surface area contributed by atoms with Gasteiger partial charge in [0, 0.05) is 12.7 Å². The van der Waals surface area contributed by atoms with Crippen LogP contribution in [0.25, 0.3) is 0 Å². The maximum Gasteiger partial charge on any atom is 0.234 e. The highest BCUT2D eigenvalue weighted by molar-refractivity contribution is 7.99. The standard InChI is InChI=1S/C22H26N4O3S/c1-5-28-18-12-8-17(9-13-18)23-20(27)14-30-22-25-24-21(26(22)4)16(3)29-19-10-6-15(2)7-11-19/h6-13,16H,5,14H2,1-4H3,(H,23,27). The molecular weight excluding hydrogens is 400 g/mol. The highest BCUT2D eigenvalue weighted by Crippen LogP contribution is 2.24. The number of hydrogen-bond acceptors (Lipinski definition) is 6. The fourth-order valence-corrected chi connectivity index (χ4v) is 3.53. The zero-order valence-corrected chi connectivity index (χ0v) is 18.4. The molecular formula is C22H26N4O3S. The van der Waals surface area contributed by atoms with Gasteiger partial charge in [0.2, 0.25) is 5.91 Å². The van der Waals surface area contributed by atoms with Gasteiger partial charge in [0.1, 0.15) is 11.5 Å². The number of aryl methyl sites for hydroxylation is 1. The molecule has 7 nitrogen and oxygen atoms in total. The van der Waals surface area contributed by atoms with Gasteiger partial charge in [-0.15, -0.1) is 10.2 Å². The van der Waals surface area contributed by atoms with Gasteiger partial charge in [-0.1, -0.05) is 29.5 Å². The van der Waals surface area contributed by atoms with Crippen molar-refractivity contribution < 1.29 is 14.3 Å². The summed E-state index contributed by atoms with van der Waals surface area (Å²) in [4.78, 5) is 12.3. The number of nitrogens with one attached hydrogen (secondary N) is 1. The van der Waals surface area contributed by atoms with Crippen molar-refractivity contribution in [2.24, 2.45) is 7.05 Å². The predicted molar refractivity (Wildman–Crippen MR) is 118 cm³/mol. The minimum atomic E-state index is -0.266. The highest BCUT2D eigenvalue weighted by atomic mass is 32.2. The number of benzene rings is 2. The van der Waals surface area contributed by atoms with Crippen molar-refractivity contribution in [1.29, 1.82) is 0 Å². The van der Waals surface area contributed by atoms with Crippen LogP contribution in [-0.2, 0) is 11.8 Å². The van der Waals surface area contributed by atoms with Gasteiger partial charge in [0.25, 0.3) is 0 Å². The Morgan fingerprint density at radius 1 is 1.10 bits per heavy atom. The largest absolute Gasteiger partial charge is 0.494 e. The van der Waals surface area contributed by atoms with Crippen molar-refractivity contribution in [3.8, 4) is 11.5 Å². The molecule has 3 aromatic rings. The highest BCUT2D eigenvalue weighted by Gasteiger charge is 2.18. The second kappa shape index (κ2) is 10.2. The maximum atomic E-state index is 12.3. The molecule has 0 spiro atoms. The lowest BCUT2D eigenvalue weighted by molar-refractivity contribution is -0.113. The Bertz CT molecular complexity index is 971. The van der Waals surface area contributed by atoms with Crippen LogP contribution in [0.3, 0.4) is 0 Å². The topological polar surface area (TPSA) is 78.3 Å². The molecule has 0 saturated carbocycles. The maximum absolute atomic E-state index is 12.3. The SMILES string of the molecule is CCOc1ccc(NC(=O)CSc2nnc(C(C)Oc3ccc(C)cc3)n2C)cc1. The van der Waals surface area contributed by atoms with E-state index in [4.69, 9.17) is 9.47 Å². The summed E-state index contributed by atoms with van der Waals surface area (Å²) < 4.78 is 13.2. The van der Waals surface area contributed by atoms with Gasteiger partial charge in [0.15, 0.2) is 17.1 Å². The number of rotatable bonds is 9. The predicted octanol–water partition coefficient (Wildman–Crippen LogP) is 4.39. The molecule has 0 saturated heterocycles. The molecule has 0 fully saturated rings. The molecule has 1 atom stereocenters. The fourth-order valence-electron chi connectivity index (χ4n) is 2.81. The number of ether oxygens (including phenoxy) is 2. The molecule has 0 aliphatic heterocycles. The van der Waals surface area contributed by atoms with E-state index in [2.05, 4.69) is 15.5 Å². The second-order valence-electron chi connectivity index (χ2n) is 6.77. The summed E-state index contributed by atoms with van der Waals surface area (Å²) in [6, 6.07) is 15.2. The van der Waals surface area contributed by atoms with Gasteiger partial charge in [-0.3, -0.25) is 4.79 Å². The Morgan fingerprint density at radius 3 is 2.43 bits per heavy atom. The van der Waals surface area contributed by atoms with E-state index in [-0.39, 0.29) is 17.8 Å². The number of thioether (sulfide) groups is 1. The minimum absolute atomic E-state index is 0.113. The van der Waals surface area contributed by atoms with Crippen molar-refractivity contribution >= 4 is 23.4 Å². The number of nitrogens with zero attached hydrogens (tertiary/aromatic N) is 3. The Morgan fingerprint density at radius 2 is 1.77 bits per heavy atom. The molecule has 30 heavy (non-hydrogen) atoms. The molecule has 0 aliphatic carbocycles. The fraction of sp³-hybridized carbons (Fsp3) is 0.318. The summed E-state index contributed by atoms with van der Waals surface area (Å²) in [7, 11) is 1.87. The van der Waals surface area contributed by atoms with Crippen LogP contribution in [0.1, 0.15) is 31.3 Å². The number of carbonyl (C=O) groups is 1. The van der Waals surface area contributed by atoms with E-state index in [1.165, 1.54) is 17.3 Å². The second-order valence-corrected chi connectivity index (χ2v) is 7.71. The Hall–Kier alpha value is -3.00. The monoisotopic (exact) mass is 426 g/mol. The van der Waals surface area contributed by atoms with Gasteiger partial charge in [0.05, 0.1) is 12.4 Å². The average Bonchev–Trinajstić information content (AvgIpc) is 3.10. The lowest BCUT2D eigenvalue weighted by atomic mass is 10.2. The number of aromatic nitrogens is 3. The number of amides is 1. The molecule has 2 aromatic carbocycles. The summed E-state index contributed by atoms with van der Waals surface area (Å²) in [5.74, 6) is 2.37. The number of carbonyl (C=O) groups excluding carboxylic acids is 1. The minimum Gasteiger partial charge on any atom is -0.494 e. The zero-order chi connectivity index (χ0) is 21.5. The van der Waals surface area contributed by atoms with Crippen molar-refractivity contribution in [2.45, 2.75) is 32.0 Å². The Balaban J connectivity index is 1.54. The van der Waals surface area contributed by atoms with Crippen LogP contribution < -0.4 is 14.8 Å². The summed E-state index contributed by atoms with van der Waals surface area (Å²) in [5, 5.41) is 12.0. The van der Waals surface area contributed by atoms with E-state index in [0.717, 1.165) is 17.2 Å². The van der Waals surface area contributed by atoms with Crippen LogP contribution >= 0.6 is 11.8 Å². The van der Waals surface area contributed by atoms with Gasteiger partial charge < -0.3 is 19.4 Å². The Kier molecular flexibility index (Phi) is 7.35. The van der Waals surface area contributed by atoms with Crippen LogP contribution in [0.4, 0.5) is 5.69 Å². The van der Waals surface area contributed by atoms with Crippen LogP contribution in [0, 0.1) is 6.92 Å². The van der Waals surface area contributed by atoms with Crippen molar-refractivity contribution in [1.82, 2.24) is 14.8 Å². The van der Waals surface area contributed by atoms with Crippen molar-refractivity contribution in [3.63, 3.8) is 0 Å². The van der Waals surface area contributed by atoms with Crippen LogP contribution in [0.15, 0.2) is 53.7 Å². The lowest BCUT2D eigenvalue weighted by Gasteiger charge is -2.14. The molecule has 3 rings (SSSR count). The van der Waals surface area contributed by atoms with E-state index in [1.54, 1.807) is 0 Å². The molecule has 0 radical (unpaired) electrons. The Labute approximate surface area is 180 Å². The third kappa shape index (κ3) is 5.76.